The summed E-state index contributed by atoms with van der Waals surface area (Å²) in [7, 11) is 5.05. The van der Waals surface area contributed by atoms with E-state index in [1.165, 1.54) is 5.56 Å². The van der Waals surface area contributed by atoms with Gasteiger partial charge in [-0.25, -0.2) is 0 Å². The lowest BCUT2D eigenvalue weighted by molar-refractivity contribution is 0.211. The number of rotatable bonds is 8. The van der Waals surface area contributed by atoms with E-state index in [1.54, 1.807) is 21.3 Å². The summed E-state index contributed by atoms with van der Waals surface area (Å²) in [6, 6.07) is 22.7. The van der Waals surface area contributed by atoms with Crippen LogP contribution in [0.3, 0.4) is 0 Å². The summed E-state index contributed by atoms with van der Waals surface area (Å²) < 4.78 is 16.1. The molecule has 9 heteroatoms. The van der Waals surface area contributed by atoms with Gasteiger partial charge < -0.3 is 19.5 Å². The van der Waals surface area contributed by atoms with Gasteiger partial charge in [-0.2, -0.15) is 0 Å². The zero-order chi connectivity index (χ0) is 24.9. The number of hydrogen-bond acceptors (Lipinski definition) is 7. The molecule has 0 spiro atoms. The highest BCUT2D eigenvalue weighted by atomic mass is 35.5. The Hall–Kier alpha value is -3.26. The van der Waals surface area contributed by atoms with Crippen LogP contribution in [0.25, 0.3) is 22.0 Å². The van der Waals surface area contributed by atoms with Gasteiger partial charge in [0.05, 0.1) is 21.3 Å². The zero-order valence-electron chi connectivity index (χ0n) is 21.8. The fraction of sp³-hybridized carbons (Fsp3) is 0.310. The number of ether oxygens (including phenoxy) is 3. The summed E-state index contributed by atoms with van der Waals surface area (Å²) in [5.74, 6) is 3.32. The number of halogens is 2. The monoisotopic (exact) mass is 556 g/mol. The minimum absolute atomic E-state index is 0. The smallest absolute Gasteiger partial charge is 0.156 e. The number of hydrogen-bond donors (Lipinski definition) is 1. The van der Waals surface area contributed by atoms with E-state index in [2.05, 4.69) is 38.6 Å². The topological polar surface area (TPSA) is 68.7 Å². The third-order valence-electron chi connectivity index (χ3n) is 6.84. The van der Waals surface area contributed by atoms with Crippen LogP contribution in [0, 0.1) is 0 Å². The fourth-order valence-corrected chi connectivity index (χ4v) is 4.75. The minimum atomic E-state index is 0. The van der Waals surface area contributed by atoms with Gasteiger partial charge in [0.25, 0.3) is 0 Å². The number of aromatic nitrogens is 2. The molecule has 1 aromatic heterocycles. The number of nitrogens with one attached hydrogen (secondary N) is 1. The molecule has 1 aliphatic heterocycles. The Morgan fingerprint density at radius 1 is 0.737 bits per heavy atom. The average molecular weight is 558 g/mol. The number of methoxy groups -OCH3 is 3. The molecular weight excluding hydrogens is 523 g/mol. The molecule has 202 valence electrons. The summed E-state index contributed by atoms with van der Waals surface area (Å²) in [6.07, 6.45) is 2.10. The number of likely N-dealkylation sites (tertiary alicyclic amines) is 1. The first-order chi connectivity index (χ1) is 17.7. The van der Waals surface area contributed by atoms with E-state index in [0.29, 0.717) is 6.04 Å². The molecule has 38 heavy (non-hydrogen) atoms. The van der Waals surface area contributed by atoms with Crippen molar-refractivity contribution in [1.82, 2.24) is 15.1 Å². The highest BCUT2D eigenvalue weighted by Gasteiger charge is 2.21. The highest BCUT2D eigenvalue weighted by molar-refractivity contribution is 6.00. The molecule has 0 amide bonds. The SMILES string of the molecule is COc1ccc(CN2CCC(Nc3nnc(-c4ccc(OC)cc4)c4cc(OC)ccc34)CC2)cc1.Cl.Cl. The summed E-state index contributed by atoms with van der Waals surface area (Å²) in [5.41, 5.74) is 3.12. The van der Waals surface area contributed by atoms with E-state index in [1.807, 2.05) is 48.5 Å². The van der Waals surface area contributed by atoms with E-state index in [9.17, 15) is 0 Å². The van der Waals surface area contributed by atoms with Gasteiger partial charge in [0, 0.05) is 42.0 Å². The molecular formula is C29H34Cl2N4O3. The van der Waals surface area contributed by atoms with Crippen molar-refractivity contribution < 1.29 is 14.2 Å². The molecule has 7 nitrogen and oxygen atoms in total. The van der Waals surface area contributed by atoms with Gasteiger partial charge in [-0.3, -0.25) is 4.90 Å². The van der Waals surface area contributed by atoms with Gasteiger partial charge in [0.2, 0.25) is 0 Å². The van der Waals surface area contributed by atoms with Crippen LogP contribution in [0.15, 0.2) is 66.7 Å². The van der Waals surface area contributed by atoms with Crippen LogP contribution in [-0.2, 0) is 6.54 Å². The lowest BCUT2D eigenvalue weighted by Gasteiger charge is -2.32. The van der Waals surface area contributed by atoms with Crippen molar-refractivity contribution in [2.24, 2.45) is 0 Å². The molecule has 2 heterocycles. The summed E-state index contributed by atoms with van der Waals surface area (Å²) in [4.78, 5) is 2.50. The van der Waals surface area contributed by atoms with E-state index < -0.39 is 0 Å². The molecule has 0 aliphatic carbocycles. The Labute approximate surface area is 236 Å². The zero-order valence-corrected chi connectivity index (χ0v) is 23.5. The van der Waals surface area contributed by atoms with Crippen molar-refractivity contribution >= 4 is 41.4 Å². The largest absolute Gasteiger partial charge is 0.497 e. The third-order valence-corrected chi connectivity index (χ3v) is 6.84. The van der Waals surface area contributed by atoms with Gasteiger partial charge in [-0.1, -0.05) is 12.1 Å². The standard InChI is InChI=1S/C29H32N4O3.2ClH/c1-34-23-8-4-20(5-9-23)19-33-16-14-22(15-17-33)30-29-26-13-12-25(36-3)18-27(26)28(31-32-29)21-6-10-24(35-2)11-7-21;;/h4-13,18,22H,14-17,19H2,1-3H3,(H,30,32);2*1H. The lowest BCUT2D eigenvalue weighted by atomic mass is 10.0. The predicted molar refractivity (Wildman–Crippen MR) is 157 cm³/mol. The Kier molecular flexibility index (Phi) is 10.4. The van der Waals surface area contributed by atoms with Crippen LogP contribution in [-0.4, -0.2) is 55.6 Å². The Morgan fingerprint density at radius 2 is 1.32 bits per heavy atom. The Bertz CT molecular complexity index is 1310. The van der Waals surface area contributed by atoms with Crippen molar-refractivity contribution in [1.29, 1.82) is 0 Å². The molecule has 1 fully saturated rings. The molecule has 5 rings (SSSR count). The normalized spacial score (nSPS) is 13.8. The molecule has 0 saturated carbocycles. The van der Waals surface area contributed by atoms with E-state index in [4.69, 9.17) is 14.2 Å². The number of fused-ring (bicyclic) bond motifs is 1. The van der Waals surface area contributed by atoms with Crippen molar-refractivity contribution in [3.63, 3.8) is 0 Å². The molecule has 0 unspecified atom stereocenters. The van der Waals surface area contributed by atoms with Crippen LogP contribution in [0.5, 0.6) is 17.2 Å². The Morgan fingerprint density at radius 3 is 1.92 bits per heavy atom. The van der Waals surface area contributed by atoms with Crippen molar-refractivity contribution in [2.45, 2.75) is 25.4 Å². The van der Waals surface area contributed by atoms with Gasteiger partial charge in [-0.05, 0) is 73.0 Å². The third kappa shape index (κ3) is 6.59. The number of piperidine rings is 1. The molecule has 0 bridgehead atoms. The first-order valence-electron chi connectivity index (χ1n) is 12.3. The van der Waals surface area contributed by atoms with Crippen molar-refractivity contribution in [2.75, 3.05) is 39.7 Å². The predicted octanol–water partition coefficient (Wildman–Crippen LogP) is 6.24. The molecule has 0 atom stereocenters. The maximum atomic E-state index is 5.51. The van der Waals surface area contributed by atoms with Gasteiger partial charge >= 0.3 is 0 Å². The van der Waals surface area contributed by atoms with E-state index in [-0.39, 0.29) is 24.8 Å². The van der Waals surface area contributed by atoms with Crippen LogP contribution < -0.4 is 19.5 Å². The first kappa shape index (κ1) is 29.3. The molecule has 1 aliphatic rings. The lowest BCUT2D eigenvalue weighted by Crippen LogP contribution is -2.38. The Balaban J connectivity index is 0.00000200. The second kappa shape index (κ2) is 13.5. The molecule has 1 N–H and O–H groups in total. The maximum Gasteiger partial charge on any atom is 0.156 e. The number of nitrogens with zero attached hydrogens (tertiary/aromatic N) is 3. The van der Waals surface area contributed by atoms with Crippen LogP contribution in [0.2, 0.25) is 0 Å². The van der Waals surface area contributed by atoms with E-state index >= 15 is 0 Å². The molecule has 3 aromatic carbocycles. The molecule has 1 saturated heterocycles. The first-order valence-corrected chi connectivity index (χ1v) is 12.3. The van der Waals surface area contributed by atoms with E-state index in [0.717, 1.165) is 77.6 Å². The van der Waals surface area contributed by atoms with Gasteiger partial charge in [0.1, 0.15) is 22.9 Å². The molecule has 0 radical (unpaired) electrons. The van der Waals surface area contributed by atoms with Gasteiger partial charge in [-0.15, -0.1) is 35.0 Å². The minimum Gasteiger partial charge on any atom is -0.497 e. The summed E-state index contributed by atoms with van der Waals surface area (Å²) in [6.45, 7) is 3.02. The van der Waals surface area contributed by atoms with Crippen LogP contribution >= 0.6 is 24.8 Å². The summed E-state index contributed by atoms with van der Waals surface area (Å²) in [5, 5.41) is 15.0. The van der Waals surface area contributed by atoms with Crippen LogP contribution in [0.1, 0.15) is 18.4 Å². The quantitative estimate of drug-likeness (QED) is 0.275. The van der Waals surface area contributed by atoms with Gasteiger partial charge in [0.15, 0.2) is 5.82 Å². The van der Waals surface area contributed by atoms with Crippen molar-refractivity contribution in [3.8, 4) is 28.5 Å². The number of anilines is 1. The summed E-state index contributed by atoms with van der Waals surface area (Å²) >= 11 is 0. The second-order valence-electron chi connectivity index (χ2n) is 9.08. The van der Waals surface area contributed by atoms with Crippen molar-refractivity contribution in [3.05, 3.63) is 72.3 Å². The average Bonchev–Trinajstić information content (AvgIpc) is 2.94. The second-order valence-corrected chi connectivity index (χ2v) is 9.08. The van der Waals surface area contributed by atoms with Crippen LogP contribution in [0.4, 0.5) is 5.82 Å². The maximum absolute atomic E-state index is 5.51. The fourth-order valence-electron chi connectivity index (χ4n) is 4.75. The molecule has 4 aromatic rings. The highest BCUT2D eigenvalue weighted by Crippen LogP contribution is 2.34. The number of benzene rings is 3.